The number of benzene rings is 2. The summed E-state index contributed by atoms with van der Waals surface area (Å²) in [5, 5.41) is 38.6. The van der Waals surface area contributed by atoms with E-state index in [9.17, 15) is 21.0 Å². The first-order valence-corrected chi connectivity index (χ1v) is 10.5. The monoisotopic (exact) mass is 450 g/mol. The molecule has 0 N–H and O–H groups in total. The molecule has 162 valence electrons. The van der Waals surface area contributed by atoms with Crippen molar-refractivity contribution in [3.63, 3.8) is 0 Å². The highest BCUT2D eigenvalue weighted by Crippen LogP contribution is 2.48. The van der Waals surface area contributed by atoms with Gasteiger partial charge in [-0.25, -0.2) is 0 Å². The number of aromatic nitrogens is 2. The van der Waals surface area contributed by atoms with Gasteiger partial charge in [0.15, 0.2) is 0 Å². The maximum atomic E-state index is 9.65. The molecule has 0 amide bonds. The van der Waals surface area contributed by atoms with Gasteiger partial charge in [-0.1, -0.05) is 54.6 Å². The smallest absolute Gasteiger partial charge is 0.245 e. The third kappa shape index (κ3) is 3.30. The van der Waals surface area contributed by atoms with Crippen molar-refractivity contribution in [2.24, 2.45) is 7.05 Å². The minimum absolute atomic E-state index is 0.116. The number of imidazole rings is 1. The van der Waals surface area contributed by atoms with Crippen LogP contribution >= 0.6 is 0 Å². The Bertz CT molecular complexity index is 1680. The van der Waals surface area contributed by atoms with Crippen molar-refractivity contribution >= 4 is 28.5 Å². The summed E-state index contributed by atoms with van der Waals surface area (Å²) < 4.78 is 7.93. The van der Waals surface area contributed by atoms with Gasteiger partial charge in [0.05, 0.1) is 0 Å². The number of hydrogen-bond donors (Lipinski definition) is 0. The van der Waals surface area contributed by atoms with Crippen molar-refractivity contribution < 1.29 is 4.42 Å². The van der Waals surface area contributed by atoms with Gasteiger partial charge in [-0.15, -0.1) is 0 Å². The topological polar surface area (TPSA) is 126 Å². The summed E-state index contributed by atoms with van der Waals surface area (Å²) in [6.07, 6.45) is 1.65. The molecule has 0 atom stereocenters. The number of nitriles is 4. The Hall–Kier alpha value is -5.63. The van der Waals surface area contributed by atoms with Gasteiger partial charge in [-0.05, 0) is 22.8 Å². The van der Waals surface area contributed by atoms with Gasteiger partial charge >= 0.3 is 0 Å². The lowest BCUT2D eigenvalue weighted by atomic mass is 9.96. The molecular formula is C28H14N6O. The minimum atomic E-state index is -0.116. The number of fused-ring (bicyclic) bond motifs is 2. The Labute approximate surface area is 200 Å². The summed E-state index contributed by atoms with van der Waals surface area (Å²) in [6.45, 7) is 0. The van der Waals surface area contributed by atoms with Crippen LogP contribution in [0.4, 0.5) is 0 Å². The van der Waals surface area contributed by atoms with Gasteiger partial charge in [0.2, 0.25) is 5.71 Å². The maximum absolute atomic E-state index is 9.65. The highest BCUT2D eigenvalue weighted by Gasteiger charge is 2.32. The Morgan fingerprint density at radius 3 is 1.89 bits per heavy atom. The molecule has 1 aliphatic carbocycles. The second kappa shape index (κ2) is 8.38. The molecule has 0 bridgehead atoms. The molecule has 0 unspecified atom stereocenters. The van der Waals surface area contributed by atoms with E-state index in [1.807, 2.05) is 66.2 Å². The molecule has 2 aromatic heterocycles. The molecule has 7 nitrogen and oxygen atoms in total. The molecule has 0 spiro atoms. The summed E-state index contributed by atoms with van der Waals surface area (Å²) in [7, 11) is 1.89. The highest BCUT2D eigenvalue weighted by atomic mass is 16.3. The fraction of sp³-hybridized carbons (Fsp3) is 0.0357. The van der Waals surface area contributed by atoms with E-state index in [4.69, 9.17) is 4.42 Å². The summed E-state index contributed by atoms with van der Waals surface area (Å²) in [6, 6.07) is 26.4. The molecule has 5 rings (SSSR count). The molecule has 2 aromatic carbocycles. The molecule has 4 aromatic rings. The van der Waals surface area contributed by atoms with E-state index in [1.165, 1.54) is 0 Å². The minimum Gasteiger partial charge on any atom is -0.437 e. The van der Waals surface area contributed by atoms with E-state index >= 15 is 0 Å². The van der Waals surface area contributed by atoms with Crippen LogP contribution in [0.2, 0.25) is 0 Å². The summed E-state index contributed by atoms with van der Waals surface area (Å²) in [5.41, 5.74) is 4.24. The molecule has 0 saturated carbocycles. The molecule has 1 aliphatic rings. The highest BCUT2D eigenvalue weighted by molar-refractivity contribution is 6.15. The van der Waals surface area contributed by atoms with Crippen LogP contribution in [0.1, 0.15) is 16.9 Å². The lowest BCUT2D eigenvalue weighted by molar-refractivity contribution is 0.593. The maximum Gasteiger partial charge on any atom is 0.245 e. The molecule has 7 heteroatoms. The van der Waals surface area contributed by atoms with Gasteiger partial charge < -0.3 is 8.98 Å². The van der Waals surface area contributed by atoms with Crippen molar-refractivity contribution in [2.45, 2.75) is 0 Å². The zero-order chi connectivity index (χ0) is 24.5. The SMILES string of the molecule is Cn1c(-c2ccccc2)nc2oc(C=C3C(=C(C#N)C#N)c4ccccc4C3=C(C#N)C#N)cc21. The second-order valence-electron chi connectivity index (χ2n) is 7.75. The second-order valence-corrected chi connectivity index (χ2v) is 7.75. The van der Waals surface area contributed by atoms with E-state index in [1.54, 1.807) is 36.4 Å². The zero-order valence-electron chi connectivity index (χ0n) is 18.4. The number of aryl methyl sites for hydroxylation is 1. The number of hydrogen-bond acceptors (Lipinski definition) is 6. The first-order valence-electron chi connectivity index (χ1n) is 10.5. The van der Waals surface area contributed by atoms with E-state index in [-0.39, 0.29) is 11.1 Å². The predicted molar refractivity (Wildman–Crippen MR) is 129 cm³/mol. The Morgan fingerprint density at radius 1 is 0.829 bits per heavy atom. The summed E-state index contributed by atoms with van der Waals surface area (Å²) >= 11 is 0. The average molecular weight is 450 g/mol. The molecular weight excluding hydrogens is 436 g/mol. The van der Waals surface area contributed by atoms with Crippen LogP contribution in [0.25, 0.3) is 39.8 Å². The molecule has 0 aliphatic heterocycles. The van der Waals surface area contributed by atoms with Gasteiger partial charge in [0, 0.05) is 29.8 Å². The largest absolute Gasteiger partial charge is 0.437 e. The van der Waals surface area contributed by atoms with E-state index in [2.05, 4.69) is 4.98 Å². The molecule has 2 heterocycles. The van der Waals surface area contributed by atoms with Crippen LogP contribution in [0.15, 0.2) is 81.8 Å². The van der Waals surface area contributed by atoms with Crippen LogP contribution in [-0.2, 0) is 7.05 Å². The zero-order valence-corrected chi connectivity index (χ0v) is 18.4. The van der Waals surface area contributed by atoms with Crippen molar-refractivity contribution in [1.29, 1.82) is 21.0 Å². The van der Waals surface area contributed by atoms with E-state index in [0.717, 1.165) is 16.9 Å². The number of rotatable bonds is 2. The number of furan rings is 1. The first-order chi connectivity index (χ1) is 17.1. The van der Waals surface area contributed by atoms with Crippen molar-refractivity contribution in [3.8, 4) is 35.7 Å². The van der Waals surface area contributed by atoms with Gasteiger partial charge in [0.1, 0.15) is 52.5 Å². The molecule has 0 radical (unpaired) electrons. The number of nitrogens with zero attached hydrogens (tertiary/aromatic N) is 6. The fourth-order valence-corrected chi connectivity index (χ4v) is 4.35. The molecule has 0 saturated heterocycles. The van der Waals surface area contributed by atoms with Gasteiger partial charge in [0.25, 0.3) is 0 Å². The Morgan fingerprint density at radius 2 is 1.37 bits per heavy atom. The first kappa shape index (κ1) is 21.2. The van der Waals surface area contributed by atoms with E-state index < -0.39 is 0 Å². The van der Waals surface area contributed by atoms with Crippen molar-refractivity contribution in [1.82, 2.24) is 9.55 Å². The van der Waals surface area contributed by atoms with Crippen molar-refractivity contribution in [3.05, 3.63) is 94.3 Å². The third-order valence-electron chi connectivity index (χ3n) is 5.87. The standard InChI is InChI=1S/C28H14N6O/c1-34-24-12-20(35-28(24)33-27(34)17-7-3-2-4-8-17)11-23-25(18(13-29)14-30)21-9-5-6-10-22(21)26(23)19(15-31)16-32/h2-12H,1H3. The van der Waals surface area contributed by atoms with Gasteiger partial charge in [-0.3, -0.25) is 0 Å². The normalized spacial score (nSPS) is 11.9. The summed E-state index contributed by atoms with van der Waals surface area (Å²) in [5.74, 6) is 1.17. The third-order valence-corrected chi connectivity index (χ3v) is 5.87. The van der Waals surface area contributed by atoms with Gasteiger partial charge in [-0.2, -0.15) is 26.0 Å². The average Bonchev–Trinajstić information content (AvgIpc) is 3.53. The molecule has 35 heavy (non-hydrogen) atoms. The number of allylic oxidation sites excluding steroid dienone is 5. The Kier molecular flexibility index (Phi) is 5.08. The van der Waals surface area contributed by atoms with E-state index in [0.29, 0.717) is 39.3 Å². The van der Waals surface area contributed by atoms with Crippen LogP contribution in [-0.4, -0.2) is 9.55 Å². The van der Waals surface area contributed by atoms with Crippen molar-refractivity contribution in [2.75, 3.05) is 0 Å². The van der Waals surface area contributed by atoms with Crippen LogP contribution in [0.3, 0.4) is 0 Å². The summed E-state index contributed by atoms with van der Waals surface area (Å²) in [4.78, 5) is 4.62. The van der Waals surface area contributed by atoms with Crippen LogP contribution < -0.4 is 0 Å². The molecule has 0 fully saturated rings. The van der Waals surface area contributed by atoms with Crippen LogP contribution in [0, 0.1) is 45.3 Å². The lowest BCUT2D eigenvalue weighted by Gasteiger charge is -2.04. The quantitative estimate of drug-likeness (QED) is 0.369. The fourth-order valence-electron chi connectivity index (χ4n) is 4.35. The lowest BCUT2D eigenvalue weighted by Crippen LogP contribution is -1.92. The van der Waals surface area contributed by atoms with Crippen LogP contribution in [0.5, 0.6) is 0 Å². The predicted octanol–water partition coefficient (Wildman–Crippen LogP) is 5.53. The Balaban J connectivity index is 1.76.